The molecule has 4 heteroatoms. The number of furan rings is 1. The Kier molecular flexibility index (Phi) is 2.90. The Hall–Kier alpha value is -1.45. The largest absolute Gasteiger partial charge is 0.475 e. The van der Waals surface area contributed by atoms with Gasteiger partial charge in [0.25, 0.3) is 0 Å². The van der Waals surface area contributed by atoms with Crippen LogP contribution in [-0.4, -0.2) is 23.7 Å². The molecular weight excluding hydrogens is 206 g/mol. The van der Waals surface area contributed by atoms with E-state index in [0.29, 0.717) is 17.8 Å². The third-order valence-electron chi connectivity index (χ3n) is 3.20. The van der Waals surface area contributed by atoms with Gasteiger partial charge in [-0.1, -0.05) is 6.92 Å². The standard InChI is InChI=1S/C12H17NO3/c1-8-3-4-9(2)13(7-8)11-6-5-10(16-11)12(14)15/h5-6,8-9H,3-4,7H2,1-2H3,(H,14,15). The van der Waals surface area contributed by atoms with Gasteiger partial charge in [-0.2, -0.15) is 0 Å². The molecule has 1 N–H and O–H groups in total. The van der Waals surface area contributed by atoms with Crippen LogP contribution in [0, 0.1) is 5.92 Å². The SMILES string of the molecule is CC1CCC(C)N(c2ccc(C(=O)O)o2)C1. The number of piperidine rings is 1. The molecule has 2 rings (SSSR count). The monoisotopic (exact) mass is 223 g/mol. The number of rotatable bonds is 2. The predicted molar refractivity (Wildman–Crippen MR) is 60.9 cm³/mol. The van der Waals surface area contributed by atoms with Gasteiger partial charge in [0.15, 0.2) is 5.88 Å². The van der Waals surface area contributed by atoms with E-state index < -0.39 is 5.97 Å². The highest BCUT2D eigenvalue weighted by Gasteiger charge is 2.25. The molecule has 0 aliphatic carbocycles. The molecule has 16 heavy (non-hydrogen) atoms. The molecule has 2 heterocycles. The highest BCUT2D eigenvalue weighted by Crippen LogP contribution is 2.28. The number of aromatic carboxylic acids is 1. The second-order valence-electron chi connectivity index (χ2n) is 4.63. The van der Waals surface area contributed by atoms with E-state index in [2.05, 4.69) is 18.7 Å². The molecule has 88 valence electrons. The summed E-state index contributed by atoms with van der Waals surface area (Å²) in [4.78, 5) is 12.9. The maximum Gasteiger partial charge on any atom is 0.371 e. The molecule has 0 amide bonds. The topological polar surface area (TPSA) is 53.7 Å². The number of nitrogens with zero attached hydrogens (tertiary/aromatic N) is 1. The maximum absolute atomic E-state index is 10.7. The van der Waals surface area contributed by atoms with E-state index in [0.717, 1.165) is 13.0 Å². The summed E-state index contributed by atoms with van der Waals surface area (Å²) in [6, 6.07) is 3.69. The minimum atomic E-state index is -1.01. The number of hydrogen-bond acceptors (Lipinski definition) is 3. The van der Waals surface area contributed by atoms with Gasteiger partial charge in [0.1, 0.15) is 0 Å². The van der Waals surface area contributed by atoms with E-state index in [1.165, 1.54) is 12.5 Å². The van der Waals surface area contributed by atoms with E-state index >= 15 is 0 Å². The molecule has 0 saturated carbocycles. The zero-order chi connectivity index (χ0) is 11.7. The van der Waals surface area contributed by atoms with Gasteiger partial charge in [-0.05, 0) is 31.7 Å². The van der Waals surface area contributed by atoms with Crippen molar-refractivity contribution in [2.45, 2.75) is 32.7 Å². The van der Waals surface area contributed by atoms with Gasteiger partial charge in [-0.3, -0.25) is 0 Å². The minimum absolute atomic E-state index is 0.0143. The van der Waals surface area contributed by atoms with Crippen molar-refractivity contribution < 1.29 is 14.3 Å². The first-order chi connectivity index (χ1) is 7.58. The van der Waals surface area contributed by atoms with E-state index in [4.69, 9.17) is 9.52 Å². The molecule has 1 fully saturated rings. The summed E-state index contributed by atoms with van der Waals surface area (Å²) in [6.45, 7) is 5.29. The molecule has 1 aromatic heterocycles. The summed E-state index contributed by atoms with van der Waals surface area (Å²) < 4.78 is 5.33. The van der Waals surface area contributed by atoms with Crippen LogP contribution in [-0.2, 0) is 0 Å². The number of carboxylic acids is 1. The van der Waals surface area contributed by atoms with Gasteiger partial charge in [0, 0.05) is 18.7 Å². The summed E-state index contributed by atoms with van der Waals surface area (Å²) in [6.07, 6.45) is 2.36. The van der Waals surface area contributed by atoms with Gasteiger partial charge in [0.2, 0.25) is 5.76 Å². The fourth-order valence-corrected chi connectivity index (χ4v) is 2.19. The minimum Gasteiger partial charge on any atom is -0.475 e. The first kappa shape index (κ1) is 11.0. The fraction of sp³-hybridized carbons (Fsp3) is 0.583. The van der Waals surface area contributed by atoms with Crippen molar-refractivity contribution in [3.8, 4) is 0 Å². The van der Waals surface area contributed by atoms with Gasteiger partial charge in [-0.25, -0.2) is 4.79 Å². The Balaban J connectivity index is 2.18. The average Bonchev–Trinajstić information content (AvgIpc) is 2.70. The van der Waals surface area contributed by atoms with Crippen LogP contribution in [0.2, 0.25) is 0 Å². The molecule has 0 bridgehead atoms. The van der Waals surface area contributed by atoms with Crippen molar-refractivity contribution >= 4 is 11.9 Å². The molecule has 1 aliphatic heterocycles. The molecule has 0 radical (unpaired) electrons. The molecule has 0 aromatic carbocycles. The normalized spacial score (nSPS) is 25.8. The number of carboxylic acid groups (broad SMARTS) is 1. The van der Waals surface area contributed by atoms with Gasteiger partial charge in [-0.15, -0.1) is 0 Å². The van der Waals surface area contributed by atoms with E-state index in [9.17, 15) is 4.79 Å². The van der Waals surface area contributed by atoms with Crippen LogP contribution < -0.4 is 4.90 Å². The van der Waals surface area contributed by atoms with Crippen molar-refractivity contribution in [1.82, 2.24) is 0 Å². The third-order valence-corrected chi connectivity index (χ3v) is 3.20. The van der Waals surface area contributed by atoms with Crippen LogP contribution in [0.25, 0.3) is 0 Å². The molecule has 2 atom stereocenters. The van der Waals surface area contributed by atoms with Crippen LogP contribution in [0.3, 0.4) is 0 Å². The van der Waals surface area contributed by atoms with E-state index in [1.54, 1.807) is 6.07 Å². The average molecular weight is 223 g/mol. The van der Waals surface area contributed by atoms with Crippen LogP contribution in [0.15, 0.2) is 16.5 Å². The zero-order valence-corrected chi connectivity index (χ0v) is 9.64. The van der Waals surface area contributed by atoms with Crippen molar-refractivity contribution in [3.05, 3.63) is 17.9 Å². The van der Waals surface area contributed by atoms with Crippen LogP contribution in [0.1, 0.15) is 37.2 Å². The number of carbonyl (C=O) groups is 1. The summed E-state index contributed by atoms with van der Waals surface area (Å²) >= 11 is 0. The fourth-order valence-electron chi connectivity index (χ4n) is 2.19. The third kappa shape index (κ3) is 2.05. The molecular formula is C12H17NO3. The lowest BCUT2D eigenvalue weighted by atomic mass is 9.95. The highest BCUT2D eigenvalue weighted by atomic mass is 16.4. The predicted octanol–water partition coefficient (Wildman–Crippen LogP) is 2.60. The van der Waals surface area contributed by atoms with Gasteiger partial charge in [0.05, 0.1) is 0 Å². The number of anilines is 1. The van der Waals surface area contributed by atoms with Crippen molar-refractivity contribution in [2.75, 3.05) is 11.4 Å². The highest BCUT2D eigenvalue weighted by molar-refractivity contribution is 5.84. The summed E-state index contributed by atoms with van der Waals surface area (Å²) in [5.41, 5.74) is 0. The summed E-state index contributed by atoms with van der Waals surface area (Å²) in [5.74, 6) is 0.315. The second kappa shape index (κ2) is 4.20. The molecule has 2 unspecified atom stereocenters. The summed E-state index contributed by atoms with van der Waals surface area (Å²) in [5, 5.41) is 8.80. The van der Waals surface area contributed by atoms with Gasteiger partial charge >= 0.3 is 5.97 Å². The molecule has 0 spiro atoms. The quantitative estimate of drug-likeness (QED) is 0.837. The Labute approximate surface area is 94.9 Å². The lowest BCUT2D eigenvalue weighted by Gasteiger charge is -2.36. The number of hydrogen-bond donors (Lipinski definition) is 1. The lowest BCUT2D eigenvalue weighted by Crippen LogP contribution is -2.40. The zero-order valence-electron chi connectivity index (χ0n) is 9.64. The van der Waals surface area contributed by atoms with Gasteiger partial charge < -0.3 is 14.4 Å². The summed E-state index contributed by atoms with van der Waals surface area (Å²) in [7, 11) is 0. The second-order valence-corrected chi connectivity index (χ2v) is 4.63. The molecule has 1 aromatic rings. The van der Waals surface area contributed by atoms with Crippen LogP contribution >= 0.6 is 0 Å². The molecule has 1 aliphatic rings. The Morgan fingerprint density at radius 1 is 1.44 bits per heavy atom. The Bertz CT molecular complexity index is 385. The Morgan fingerprint density at radius 2 is 2.19 bits per heavy atom. The Morgan fingerprint density at radius 3 is 2.81 bits per heavy atom. The van der Waals surface area contributed by atoms with Crippen LogP contribution in [0.5, 0.6) is 0 Å². The smallest absolute Gasteiger partial charge is 0.371 e. The molecule has 4 nitrogen and oxygen atoms in total. The van der Waals surface area contributed by atoms with Crippen molar-refractivity contribution in [3.63, 3.8) is 0 Å². The van der Waals surface area contributed by atoms with Crippen molar-refractivity contribution in [1.29, 1.82) is 0 Å². The van der Waals surface area contributed by atoms with E-state index in [-0.39, 0.29) is 5.76 Å². The maximum atomic E-state index is 10.7. The lowest BCUT2D eigenvalue weighted by molar-refractivity contribution is 0.0662. The van der Waals surface area contributed by atoms with E-state index in [1.807, 2.05) is 0 Å². The first-order valence-corrected chi connectivity index (χ1v) is 5.67. The van der Waals surface area contributed by atoms with Crippen molar-refractivity contribution in [2.24, 2.45) is 5.92 Å². The first-order valence-electron chi connectivity index (χ1n) is 5.67. The molecule has 1 saturated heterocycles. The van der Waals surface area contributed by atoms with Crippen LogP contribution in [0.4, 0.5) is 5.88 Å².